The zero-order valence-electron chi connectivity index (χ0n) is 10.6. The van der Waals surface area contributed by atoms with Crippen molar-refractivity contribution in [3.63, 3.8) is 0 Å². The van der Waals surface area contributed by atoms with Gasteiger partial charge in [0.15, 0.2) is 0 Å². The van der Waals surface area contributed by atoms with Crippen molar-refractivity contribution in [2.45, 2.75) is 13.0 Å². The lowest BCUT2D eigenvalue weighted by Crippen LogP contribution is -2.27. The number of carbonyl (C=O) groups excluding carboxylic acids is 1. The lowest BCUT2D eigenvalue weighted by molar-refractivity contribution is 0.0933. The van der Waals surface area contributed by atoms with Gasteiger partial charge in [0.05, 0.1) is 12.2 Å². The normalized spacial score (nSPS) is 12.2. The van der Waals surface area contributed by atoms with Gasteiger partial charge in [0.2, 0.25) is 0 Å². The predicted octanol–water partition coefficient (Wildman–Crippen LogP) is 1.76. The third-order valence-electron chi connectivity index (χ3n) is 2.79. The number of halogens is 1. The van der Waals surface area contributed by atoms with Crippen LogP contribution >= 0.6 is 0 Å². The molecule has 2 rings (SSSR count). The number of aryl methyl sites for hydroxylation is 1. The Morgan fingerprint density at radius 1 is 1.53 bits per heavy atom. The molecule has 0 bridgehead atoms. The quantitative estimate of drug-likeness (QED) is 0.886. The van der Waals surface area contributed by atoms with E-state index in [0.29, 0.717) is 0 Å². The van der Waals surface area contributed by atoms with Gasteiger partial charge in [-0.1, -0.05) is 6.07 Å². The van der Waals surface area contributed by atoms with E-state index in [2.05, 4.69) is 10.4 Å². The van der Waals surface area contributed by atoms with Crippen LogP contribution in [0, 0.1) is 5.82 Å². The Hall–Kier alpha value is -2.37. The van der Waals surface area contributed by atoms with E-state index >= 15 is 0 Å². The highest BCUT2D eigenvalue weighted by atomic mass is 19.1. The van der Waals surface area contributed by atoms with E-state index in [-0.39, 0.29) is 17.4 Å². The van der Waals surface area contributed by atoms with Crippen LogP contribution in [-0.2, 0) is 7.05 Å². The minimum absolute atomic E-state index is 0.333. The summed E-state index contributed by atoms with van der Waals surface area (Å²) in [5, 5.41) is 16.1. The molecular formula is C13H14FN3O2. The largest absolute Gasteiger partial charge is 0.507 e. The topological polar surface area (TPSA) is 67.2 Å². The summed E-state index contributed by atoms with van der Waals surface area (Å²) in [5.41, 5.74) is 0.449. The molecule has 19 heavy (non-hydrogen) atoms. The summed E-state index contributed by atoms with van der Waals surface area (Å²) in [6.45, 7) is 1.76. The fraction of sp³-hybridized carbons (Fsp3) is 0.231. The van der Waals surface area contributed by atoms with Gasteiger partial charge < -0.3 is 10.4 Å². The van der Waals surface area contributed by atoms with E-state index in [1.54, 1.807) is 31.0 Å². The highest BCUT2D eigenvalue weighted by Crippen LogP contribution is 2.21. The molecule has 1 aromatic heterocycles. The Morgan fingerprint density at radius 2 is 2.26 bits per heavy atom. The first-order valence-electron chi connectivity index (χ1n) is 5.76. The lowest BCUT2D eigenvalue weighted by Gasteiger charge is -2.13. The second-order valence-corrected chi connectivity index (χ2v) is 4.28. The molecule has 0 aliphatic rings. The average molecular weight is 263 g/mol. The number of phenolic OH excluding ortho intramolecular Hbond substituents is 1. The number of hydrogen-bond donors (Lipinski definition) is 2. The second-order valence-electron chi connectivity index (χ2n) is 4.28. The summed E-state index contributed by atoms with van der Waals surface area (Å²) >= 11 is 0. The van der Waals surface area contributed by atoms with Gasteiger partial charge in [-0.2, -0.15) is 5.10 Å². The van der Waals surface area contributed by atoms with Gasteiger partial charge in [0, 0.05) is 18.8 Å². The number of aromatic nitrogens is 2. The van der Waals surface area contributed by atoms with Crippen LogP contribution in [-0.4, -0.2) is 20.8 Å². The molecule has 0 saturated carbocycles. The van der Waals surface area contributed by atoms with Crippen molar-refractivity contribution in [2.75, 3.05) is 0 Å². The van der Waals surface area contributed by atoms with Crippen molar-refractivity contribution in [2.24, 2.45) is 7.05 Å². The lowest BCUT2D eigenvalue weighted by atomic mass is 10.1. The number of nitrogens with zero attached hydrogens (tertiary/aromatic N) is 2. The first-order chi connectivity index (χ1) is 8.99. The Balaban J connectivity index is 2.17. The maximum atomic E-state index is 13.5. The molecule has 2 N–H and O–H groups in total. The molecule has 1 heterocycles. The van der Waals surface area contributed by atoms with Gasteiger partial charge >= 0.3 is 0 Å². The van der Waals surface area contributed by atoms with Crippen LogP contribution in [0.1, 0.15) is 28.9 Å². The smallest absolute Gasteiger partial charge is 0.258 e. The molecule has 0 fully saturated rings. The number of rotatable bonds is 3. The highest BCUT2D eigenvalue weighted by Gasteiger charge is 2.19. The number of carbonyl (C=O) groups is 1. The van der Waals surface area contributed by atoms with Crippen molar-refractivity contribution >= 4 is 5.91 Å². The standard InChI is InChI=1S/C13H14FN3O2/c1-8(9-6-15-17(2)7-9)16-13(19)12-10(14)4-3-5-11(12)18/h3-8,18H,1-2H3,(H,16,19). The molecule has 0 saturated heterocycles. The molecular weight excluding hydrogens is 249 g/mol. The number of hydrogen-bond acceptors (Lipinski definition) is 3. The zero-order chi connectivity index (χ0) is 14.0. The van der Waals surface area contributed by atoms with Gasteiger partial charge in [-0.25, -0.2) is 4.39 Å². The molecule has 1 unspecified atom stereocenters. The number of phenols is 1. The molecule has 6 heteroatoms. The van der Waals surface area contributed by atoms with Crippen LogP contribution in [0.3, 0.4) is 0 Å². The predicted molar refractivity (Wildman–Crippen MR) is 67.2 cm³/mol. The van der Waals surface area contributed by atoms with E-state index < -0.39 is 11.7 Å². The van der Waals surface area contributed by atoms with E-state index in [1.807, 2.05) is 0 Å². The van der Waals surface area contributed by atoms with Crippen LogP contribution < -0.4 is 5.32 Å². The monoisotopic (exact) mass is 263 g/mol. The van der Waals surface area contributed by atoms with Crippen LogP contribution in [0.4, 0.5) is 4.39 Å². The van der Waals surface area contributed by atoms with Crippen LogP contribution in [0.5, 0.6) is 5.75 Å². The van der Waals surface area contributed by atoms with Gasteiger partial charge in [-0.15, -0.1) is 0 Å². The maximum Gasteiger partial charge on any atom is 0.258 e. The van der Waals surface area contributed by atoms with Gasteiger partial charge in [0.25, 0.3) is 5.91 Å². The SMILES string of the molecule is CC(NC(=O)c1c(O)cccc1F)c1cnn(C)c1. The van der Waals surface area contributed by atoms with Crippen molar-refractivity contribution in [3.8, 4) is 5.75 Å². The first kappa shape index (κ1) is 13.1. The van der Waals surface area contributed by atoms with Gasteiger partial charge in [-0.3, -0.25) is 9.48 Å². The van der Waals surface area contributed by atoms with E-state index in [9.17, 15) is 14.3 Å². The minimum Gasteiger partial charge on any atom is -0.507 e. The van der Waals surface area contributed by atoms with Crippen molar-refractivity contribution in [3.05, 3.63) is 47.5 Å². The van der Waals surface area contributed by atoms with Gasteiger partial charge in [-0.05, 0) is 19.1 Å². The molecule has 2 aromatic rings. The zero-order valence-corrected chi connectivity index (χ0v) is 10.6. The number of benzene rings is 1. The highest BCUT2D eigenvalue weighted by molar-refractivity contribution is 5.97. The molecule has 1 atom stereocenters. The summed E-state index contributed by atoms with van der Waals surface area (Å²) in [6.07, 6.45) is 3.37. The summed E-state index contributed by atoms with van der Waals surface area (Å²) in [5.74, 6) is -1.79. The fourth-order valence-corrected chi connectivity index (χ4v) is 1.75. The third kappa shape index (κ3) is 2.73. The van der Waals surface area contributed by atoms with E-state index in [0.717, 1.165) is 11.6 Å². The summed E-state index contributed by atoms with van der Waals surface area (Å²) in [4.78, 5) is 11.9. The Kier molecular flexibility index (Phi) is 3.50. The number of aromatic hydroxyl groups is 1. The molecule has 0 aliphatic carbocycles. The Labute approximate surface area is 109 Å². The summed E-state index contributed by atoms with van der Waals surface area (Å²) in [6, 6.07) is 3.41. The van der Waals surface area contributed by atoms with Crippen LogP contribution in [0.15, 0.2) is 30.6 Å². The molecule has 0 radical (unpaired) electrons. The van der Waals surface area contributed by atoms with Crippen LogP contribution in [0.2, 0.25) is 0 Å². The Morgan fingerprint density at radius 3 is 2.84 bits per heavy atom. The average Bonchev–Trinajstić information content (AvgIpc) is 2.75. The van der Waals surface area contributed by atoms with Crippen LogP contribution in [0.25, 0.3) is 0 Å². The van der Waals surface area contributed by atoms with E-state index in [1.165, 1.54) is 12.1 Å². The number of amides is 1. The van der Waals surface area contributed by atoms with Crippen molar-refractivity contribution in [1.82, 2.24) is 15.1 Å². The fourth-order valence-electron chi connectivity index (χ4n) is 1.75. The Bertz CT molecular complexity index is 589. The molecule has 1 aromatic carbocycles. The summed E-state index contributed by atoms with van der Waals surface area (Å²) in [7, 11) is 1.76. The summed E-state index contributed by atoms with van der Waals surface area (Å²) < 4.78 is 15.1. The molecule has 100 valence electrons. The van der Waals surface area contributed by atoms with E-state index in [4.69, 9.17) is 0 Å². The number of nitrogens with one attached hydrogen (secondary N) is 1. The third-order valence-corrected chi connectivity index (χ3v) is 2.79. The van der Waals surface area contributed by atoms with Crippen molar-refractivity contribution in [1.29, 1.82) is 0 Å². The molecule has 0 aliphatic heterocycles. The molecule has 0 spiro atoms. The minimum atomic E-state index is -0.754. The second kappa shape index (κ2) is 5.09. The molecule has 1 amide bonds. The van der Waals surface area contributed by atoms with Crippen molar-refractivity contribution < 1.29 is 14.3 Å². The molecule has 5 nitrogen and oxygen atoms in total. The maximum absolute atomic E-state index is 13.5. The first-order valence-corrected chi connectivity index (χ1v) is 5.76. The van der Waals surface area contributed by atoms with Gasteiger partial charge in [0.1, 0.15) is 17.1 Å².